The van der Waals surface area contributed by atoms with Crippen molar-refractivity contribution in [3.8, 4) is 38.6 Å². The Labute approximate surface area is 283 Å². The highest BCUT2D eigenvalue weighted by Crippen LogP contribution is 2.44. The molecule has 6 aromatic carbocycles. The molecule has 2 heterocycles. The Morgan fingerprint density at radius 3 is 2.35 bits per heavy atom. The Hall–Kier alpha value is -5.52. The predicted molar refractivity (Wildman–Crippen MR) is 202 cm³/mol. The Morgan fingerprint density at radius 1 is 0.729 bits per heavy atom. The van der Waals surface area contributed by atoms with Crippen molar-refractivity contribution in [1.82, 2.24) is 4.98 Å². The average Bonchev–Trinajstić information content (AvgIpc) is 3.69. The summed E-state index contributed by atoms with van der Waals surface area (Å²) >= 11 is 1.66. The molecular weight excluding hydrogens is 609 g/mol. The second-order valence-electron chi connectivity index (χ2n) is 13.3. The van der Waals surface area contributed by atoms with E-state index in [2.05, 4.69) is 100 Å². The van der Waals surface area contributed by atoms with E-state index in [1.165, 1.54) is 5.56 Å². The quantitative estimate of drug-likeness (QED) is 0.190. The van der Waals surface area contributed by atoms with Crippen molar-refractivity contribution in [1.29, 1.82) is 0 Å². The topological polar surface area (TPSA) is 58.6 Å². The van der Waals surface area contributed by atoms with E-state index >= 15 is 0 Å². The smallest absolute Gasteiger partial charge is 0.143 e. The van der Waals surface area contributed by atoms with Crippen molar-refractivity contribution < 1.29 is 9.52 Å². The molecule has 48 heavy (non-hydrogen) atoms. The lowest BCUT2D eigenvalue weighted by Gasteiger charge is -2.19. The Morgan fingerprint density at radius 2 is 1.50 bits per heavy atom. The molecule has 8 aromatic rings. The number of aliphatic imine (C=N–C) groups is 1. The van der Waals surface area contributed by atoms with E-state index in [0.29, 0.717) is 5.56 Å². The summed E-state index contributed by atoms with van der Waals surface area (Å²) < 4.78 is 7.60. The molecule has 0 atom stereocenters. The number of phenolic OH excluding ortho intramolecular Hbond substituents is 1. The van der Waals surface area contributed by atoms with Crippen LogP contribution in [0, 0.1) is 6.92 Å². The summed E-state index contributed by atoms with van der Waals surface area (Å²) in [5, 5.41) is 13.7. The van der Waals surface area contributed by atoms with Gasteiger partial charge in [-0.25, -0.2) is 4.98 Å². The van der Waals surface area contributed by atoms with Gasteiger partial charge in [0.1, 0.15) is 21.9 Å². The van der Waals surface area contributed by atoms with Gasteiger partial charge in [-0.15, -0.1) is 11.3 Å². The van der Waals surface area contributed by atoms with Gasteiger partial charge in [0.15, 0.2) is 0 Å². The van der Waals surface area contributed by atoms with Gasteiger partial charge < -0.3 is 9.52 Å². The molecule has 234 valence electrons. The summed E-state index contributed by atoms with van der Waals surface area (Å²) in [5.41, 5.74) is 11.7. The lowest BCUT2D eigenvalue weighted by Crippen LogP contribution is -2.11. The second kappa shape index (κ2) is 11.6. The highest BCUT2D eigenvalue weighted by atomic mass is 32.1. The summed E-state index contributed by atoms with van der Waals surface area (Å²) in [5.74, 6) is 0.206. The molecule has 0 aliphatic rings. The number of furan rings is 1. The first-order chi connectivity index (χ1) is 23.2. The van der Waals surface area contributed by atoms with E-state index < -0.39 is 0 Å². The van der Waals surface area contributed by atoms with E-state index in [1.54, 1.807) is 23.6 Å². The molecule has 0 fully saturated rings. The largest absolute Gasteiger partial charge is 0.507 e. The van der Waals surface area contributed by atoms with Crippen LogP contribution in [0.5, 0.6) is 5.75 Å². The van der Waals surface area contributed by atoms with Crippen molar-refractivity contribution in [3.05, 3.63) is 138 Å². The van der Waals surface area contributed by atoms with Gasteiger partial charge in [-0.3, -0.25) is 4.99 Å². The fraction of sp³-hybridized carbons (Fsp3) is 0.116. The molecule has 0 bridgehead atoms. The zero-order chi connectivity index (χ0) is 33.0. The number of aryl methyl sites for hydroxylation is 1. The van der Waals surface area contributed by atoms with Crippen molar-refractivity contribution >= 4 is 55.4 Å². The molecule has 0 radical (unpaired) electrons. The van der Waals surface area contributed by atoms with Crippen molar-refractivity contribution in [2.24, 2.45) is 4.99 Å². The van der Waals surface area contributed by atoms with Crippen molar-refractivity contribution in [3.63, 3.8) is 0 Å². The molecule has 0 amide bonds. The lowest BCUT2D eigenvalue weighted by atomic mass is 9.86. The van der Waals surface area contributed by atoms with Gasteiger partial charge >= 0.3 is 0 Å². The monoisotopic (exact) mass is 642 g/mol. The maximum Gasteiger partial charge on any atom is 0.143 e. The number of para-hydroxylation sites is 3. The summed E-state index contributed by atoms with van der Waals surface area (Å²) in [7, 11) is 0. The van der Waals surface area contributed by atoms with Crippen LogP contribution in [-0.4, -0.2) is 16.3 Å². The Balaban J connectivity index is 1.31. The highest BCUT2D eigenvalue weighted by molar-refractivity contribution is 7.21. The van der Waals surface area contributed by atoms with Crippen LogP contribution >= 0.6 is 11.3 Å². The van der Waals surface area contributed by atoms with Crippen LogP contribution in [0.3, 0.4) is 0 Å². The van der Waals surface area contributed by atoms with E-state index in [-0.39, 0.29) is 11.2 Å². The minimum atomic E-state index is -0.0447. The molecule has 5 heteroatoms. The van der Waals surface area contributed by atoms with Crippen LogP contribution < -0.4 is 0 Å². The normalized spacial score (nSPS) is 12.2. The van der Waals surface area contributed by atoms with E-state index in [1.807, 2.05) is 42.5 Å². The van der Waals surface area contributed by atoms with Gasteiger partial charge in [0.05, 0.1) is 15.9 Å². The van der Waals surface area contributed by atoms with Crippen LogP contribution in [0.2, 0.25) is 0 Å². The third-order valence-electron chi connectivity index (χ3n) is 8.91. The third-order valence-corrected chi connectivity index (χ3v) is 9.95. The molecule has 0 aliphatic heterocycles. The number of aromatic nitrogens is 1. The summed E-state index contributed by atoms with van der Waals surface area (Å²) in [4.78, 5) is 10.2. The molecule has 0 aliphatic carbocycles. The van der Waals surface area contributed by atoms with Crippen molar-refractivity contribution in [2.75, 3.05) is 0 Å². The number of hydrogen-bond donors (Lipinski definition) is 1. The van der Waals surface area contributed by atoms with E-state index in [9.17, 15) is 5.11 Å². The zero-order valence-corrected chi connectivity index (χ0v) is 28.1. The molecule has 0 unspecified atom stereocenters. The second-order valence-corrected chi connectivity index (χ2v) is 14.4. The van der Waals surface area contributed by atoms with Crippen LogP contribution in [0.25, 0.3) is 65.0 Å². The summed E-state index contributed by atoms with van der Waals surface area (Å²) in [6, 6.07) is 41.5. The van der Waals surface area contributed by atoms with Gasteiger partial charge in [0, 0.05) is 39.2 Å². The number of aromatic hydroxyl groups is 1. The number of hydrogen-bond acceptors (Lipinski definition) is 5. The number of nitrogens with zero attached hydrogens (tertiary/aromatic N) is 2. The number of benzene rings is 6. The molecule has 2 aromatic heterocycles. The average molecular weight is 643 g/mol. The summed E-state index contributed by atoms with van der Waals surface area (Å²) in [6.45, 7) is 8.61. The molecule has 0 spiro atoms. The van der Waals surface area contributed by atoms with Gasteiger partial charge in [0.25, 0.3) is 0 Å². The van der Waals surface area contributed by atoms with Crippen LogP contribution in [0.1, 0.15) is 37.5 Å². The highest BCUT2D eigenvalue weighted by Gasteiger charge is 2.20. The van der Waals surface area contributed by atoms with Gasteiger partial charge in [-0.1, -0.05) is 105 Å². The minimum absolute atomic E-state index is 0.0447. The number of thiazole rings is 1. The molecule has 1 N–H and O–H groups in total. The van der Waals surface area contributed by atoms with Gasteiger partial charge in [0.2, 0.25) is 0 Å². The first-order valence-electron chi connectivity index (χ1n) is 16.1. The lowest BCUT2D eigenvalue weighted by molar-refractivity contribution is 0.473. The number of phenols is 1. The molecule has 0 saturated heterocycles. The zero-order valence-electron chi connectivity index (χ0n) is 27.3. The Bertz CT molecular complexity index is 2530. The van der Waals surface area contributed by atoms with Crippen LogP contribution in [0.4, 0.5) is 5.69 Å². The van der Waals surface area contributed by atoms with Crippen molar-refractivity contribution in [2.45, 2.75) is 33.1 Å². The van der Waals surface area contributed by atoms with E-state index in [4.69, 9.17) is 14.4 Å². The van der Waals surface area contributed by atoms with Crippen LogP contribution in [-0.2, 0) is 5.41 Å². The van der Waals surface area contributed by atoms with Gasteiger partial charge in [-0.2, -0.15) is 0 Å². The fourth-order valence-corrected chi connectivity index (χ4v) is 7.40. The van der Waals surface area contributed by atoms with Crippen LogP contribution in [0.15, 0.2) is 131 Å². The number of rotatable bonds is 5. The fourth-order valence-electron chi connectivity index (χ4n) is 6.33. The molecule has 0 saturated carbocycles. The predicted octanol–water partition coefficient (Wildman–Crippen LogP) is 12.3. The van der Waals surface area contributed by atoms with Gasteiger partial charge in [-0.05, 0) is 71.5 Å². The molecule has 4 nitrogen and oxygen atoms in total. The summed E-state index contributed by atoms with van der Waals surface area (Å²) in [6.07, 6.45) is 1.75. The maximum atomic E-state index is 10.6. The Kier molecular flexibility index (Phi) is 7.23. The first kappa shape index (κ1) is 29.9. The maximum absolute atomic E-state index is 10.6. The number of fused-ring (bicyclic) bond motifs is 4. The first-order valence-corrected chi connectivity index (χ1v) is 16.9. The third kappa shape index (κ3) is 5.36. The SMILES string of the molecule is Cc1cccc(-c2cc(-c3cccc4c3oc3ccccc34)c3nc(-c4ccccc4N=Cc4cc(C(C)(C)C)ccc4O)sc3c2)c1. The van der Waals surface area contributed by atoms with E-state index in [0.717, 1.165) is 76.2 Å². The minimum Gasteiger partial charge on any atom is -0.507 e. The standard InChI is InChI=1S/C43H34N2O2S/c1-26-11-9-12-27(21-26)28-23-35(33-16-10-15-32-31-13-6-8-18-38(31)47-41(32)33)40-39(24-28)48-42(45-40)34-14-5-7-17-36(34)44-25-29-22-30(43(2,3)4)19-20-37(29)46/h5-25,46H,1-4H3. The molecular formula is C43H34N2O2S. The molecule has 8 rings (SSSR count).